The quantitative estimate of drug-likeness (QED) is 0.825. The molecule has 2 N–H and O–H groups in total. The smallest absolute Gasteiger partial charge is 0.128 e. The number of aromatic nitrogens is 1. The molecule has 0 amide bonds. The number of hydrogen-bond donors (Lipinski definition) is 2. The van der Waals surface area contributed by atoms with Crippen LogP contribution in [0.2, 0.25) is 0 Å². The van der Waals surface area contributed by atoms with E-state index >= 15 is 0 Å². The van der Waals surface area contributed by atoms with Crippen LogP contribution in [0.4, 0.5) is 5.82 Å². The van der Waals surface area contributed by atoms with Crippen molar-refractivity contribution in [2.45, 2.75) is 25.3 Å². The summed E-state index contributed by atoms with van der Waals surface area (Å²) in [5.74, 6) is 1.12. The van der Waals surface area contributed by atoms with E-state index in [4.69, 9.17) is 0 Å². The van der Waals surface area contributed by atoms with Gasteiger partial charge in [-0.3, -0.25) is 0 Å². The summed E-state index contributed by atoms with van der Waals surface area (Å²) in [4.78, 5) is 6.99. The van der Waals surface area contributed by atoms with Crippen molar-refractivity contribution in [3.63, 3.8) is 0 Å². The molecule has 0 saturated carbocycles. The third-order valence-electron chi connectivity index (χ3n) is 3.92. The van der Waals surface area contributed by atoms with Crippen molar-refractivity contribution in [2.75, 3.05) is 37.6 Å². The largest absolute Gasteiger partial charge is 0.354 e. The third-order valence-corrected chi connectivity index (χ3v) is 3.92. The topological polar surface area (TPSA) is 40.2 Å². The molecular formula is C14H22N4. The fourth-order valence-corrected chi connectivity index (χ4v) is 2.82. The molecule has 0 radical (unpaired) electrons. The molecule has 2 saturated heterocycles. The van der Waals surface area contributed by atoms with Gasteiger partial charge in [-0.15, -0.1) is 0 Å². The van der Waals surface area contributed by atoms with Gasteiger partial charge in [0, 0.05) is 38.4 Å². The van der Waals surface area contributed by atoms with E-state index in [0.29, 0.717) is 6.04 Å². The van der Waals surface area contributed by atoms with Crippen molar-refractivity contribution in [3.8, 4) is 0 Å². The van der Waals surface area contributed by atoms with Crippen LogP contribution >= 0.6 is 0 Å². The molecule has 0 aromatic carbocycles. The van der Waals surface area contributed by atoms with Crippen LogP contribution in [-0.2, 0) is 0 Å². The van der Waals surface area contributed by atoms with Gasteiger partial charge >= 0.3 is 0 Å². The molecule has 0 aliphatic carbocycles. The molecule has 0 unspecified atom stereocenters. The fraction of sp³-hybridized carbons (Fsp3) is 0.643. The first-order valence-corrected chi connectivity index (χ1v) is 7.08. The van der Waals surface area contributed by atoms with Crippen molar-refractivity contribution in [3.05, 3.63) is 23.9 Å². The van der Waals surface area contributed by atoms with Crippen LogP contribution in [0.15, 0.2) is 18.3 Å². The van der Waals surface area contributed by atoms with E-state index in [0.717, 1.165) is 38.5 Å². The van der Waals surface area contributed by atoms with Gasteiger partial charge in [0.05, 0.1) is 0 Å². The lowest BCUT2D eigenvalue weighted by molar-refractivity contribution is 0.411. The lowest BCUT2D eigenvalue weighted by Gasteiger charge is -2.29. The maximum atomic E-state index is 4.64. The Morgan fingerprint density at radius 2 is 2.00 bits per heavy atom. The molecule has 2 aliphatic heterocycles. The van der Waals surface area contributed by atoms with Crippen molar-refractivity contribution >= 4 is 5.82 Å². The zero-order valence-electron chi connectivity index (χ0n) is 10.9. The monoisotopic (exact) mass is 246 g/mol. The predicted octanol–water partition coefficient (Wildman–Crippen LogP) is 1.31. The first-order chi connectivity index (χ1) is 8.93. The van der Waals surface area contributed by atoms with Crippen LogP contribution in [0, 0.1) is 0 Å². The van der Waals surface area contributed by atoms with Gasteiger partial charge in [-0.05, 0) is 31.0 Å². The van der Waals surface area contributed by atoms with Crippen molar-refractivity contribution in [1.82, 2.24) is 15.6 Å². The molecule has 1 aromatic heterocycles. The van der Waals surface area contributed by atoms with Crippen molar-refractivity contribution in [2.24, 2.45) is 0 Å². The van der Waals surface area contributed by atoms with Gasteiger partial charge in [-0.1, -0.05) is 12.5 Å². The second-order valence-electron chi connectivity index (χ2n) is 5.19. The van der Waals surface area contributed by atoms with Gasteiger partial charge in [-0.25, -0.2) is 4.98 Å². The highest BCUT2D eigenvalue weighted by Crippen LogP contribution is 2.23. The molecule has 2 fully saturated rings. The predicted molar refractivity (Wildman–Crippen MR) is 73.9 cm³/mol. The van der Waals surface area contributed by atoms with Gasteiger partial charge in [0.15, 0.2) is 0 Å². The van der Waals surface area contributed by atoms with E-state index < -0.39 is 0 Å². The van der Waals surface area contributed by atoms with E-state index in [2.05, 4.69) is 38.8 Å². The Balaban J connectivity index is 1.67. The van der Waals surface area contributed by atoms with E-state index in [1.165, 1.54) is 24.8 Å². The Morgan fingerprint density at radius 1 is 1.11 bits per heavy atom. The Bertz CT molecular complexity index is 327. The number of nitrogens with zero attached hydrogens (tertiary/aromatic N) is 2. The highest BCUT2D eigenvalue weighted by Gasteiger charge is 2.16. The molecular weight excluding hydrogens is 224 g/mol. The highest BCUT2D eigenvalue weighted by atomic mass is 15.2. The summed E-state index contributed by atoms with van der Waals surface area (Å²) in [5.41, 5.74) is 1.34. The zero-order chi connectivity index (χ0) is 12.2. The van der Waals surface area contributed by atoms with Crippen LogP contribution in [0.25, 0.3) is 0 Å². The standard InChI is InChI=1S/C14H22N4/c1-2-6-16-13(3-1)12-4-5-14(17-11-12)18-9-7-15-8-10-18/h4-5,11,13,15-16H,1-3,6-10H2/t13-/m1/s1. The Labute approximate surface area is 109 Å². The minimum Gasteiger partial charge on any atom is -0.354 e. The highest BCUT2D eigenvalue weighted by molar-refractivity contribution is 5.40. The summed E-state index contributed by atoms with van der Waals surface area (Å²) < 4.78 is 0. The van der Waals surface area contributed by atoms with E-state index in [9.17, 15) is 0 Å². The molecule has 98 valence electrons. The normalized spacial score (nSPS) is 25.1. The summed E-state index contributed by atoms with van der Waals surface area (Å²) in [7, 11) is 0. The zero-order valence-corrected chi connectivity index (χ0v) is 10.9. The maximum Gasteiger partial charge on any atom is 0.128 e. The molecule has 18 heavy (non-hydrogen) atoms. The Kier molecular flexibility index (Phi) is 3.76. The summed E-state index contributed by atoms with van der Waals surface area (Å²) in [6.07, 6.45) is 5.94. The first-order valence-electron chi connectivity index (χ1n) is 7.08. The van der Waals surface area contributed by atoms with Gasteiger partial charge in [0.1, 0.15) is 5.82 Å². The van der Waals surface area contributed by atoms with Crippen LogP contribution in [0.3, 0.4) is 0 Å². The minimum absolute atomic E-state index is 0.517. The number of hydrogen-bond acceptors (Lipinski definition) is 4. The lowest BCUT2D eigenvalue weighted by atomic mass is 9.99. The second kappa shape index (κ2) is 5.67. The molecule has 2 aliphatic rings. The van der Waals surface area contributed by atoms with E-state index in [-0.39, 0.29) is 0 Å². The van der Waals surface area contributed by atoms with Crippen molar-refractivity contribution < 1.29 is 0 Å². The number of piperidine rings is 1. The van der Waals surface area contributed by atoms with Crippen LogP contribution in [0.1, 0.15) is 30.9 Å². The van der Waals surface area contributed by atoms with E-state index in [1.807, 2.05) is 0 Å². The molecule has 3 heterocycles. The summed E-state index contributed by atoms with van der Waals surface area (Å²) in [5, 5.41) is 6.94. The van der Waals surface area contributed by atoms with Gasteiger partial charge < -0.3 is 15.5 Å². The minimum atomic E-state index is 0.517. The molecule has 1 aromatic rings. The van der Waals surface area contributed by atoms with Crippen LogP contribution in [-0.4, -0.2) is 37.7 Å². The summed E-state index contributed by atoms with van der Waals surface area (Å²) >= 11 is 0. The van der Waals surface area contributed by atoms with Gasteiger partial charge in [0.2, 0.25) is 0 Å². The lowest BCUT2D eigenvalue weighted by Crippen LogP contribution is -2.43. The van der Waals surface area contributed by atoms with Crippen molar-refractivity contribution in [1.29, 1.82) is 0 Å². The fourth-order valence-electron chi connectivity index (χ4n) is 2.82. The Morgan fingerprint density at radius 3 is 2.67 bits per heavy atom. The van der Waals surface area contributed by atoms with Crippen LogP contribution in [0.5, 0.6) is 0 Å². The van der Waals surface area contributed by atoms with Crippen LogP contribution < -0.4 is 15.5 Å². The number of anilines is 1. The number of rotatable bonds is 2. The molecule has 1 atom stereocenters. The second-order valence-corrected chi connectivity index (χ2v) is 5.19. The number of pyridine rings is 1. The molecule has 3 rings (SSSR count). The summed E-state index contributed by atoms with van der Waals surface area (Å²) in [6, 6.07) is 4.94. The molecule has 4 nitrogen and oxygen atoms in total. The maximum absolute atomic E-state index is 4.64. The average molecular weight is 246 g/mol. The third kappa shape index (κ3) is 2.65. The number of nitrogens with one attached hydrogen (secondary N) is 2. The summed E-state index contributed by atoms with van der Waals surface area (Å²) in [6.45, 7) is 5.40. The Hall–Kier alpha value is -1.13. The molecule has 4 heteroatoms. The number of piperazine rings is 1. The SMILES string of the molecule is c1cc(N2CCNCC2)ncc1[C@H]1CCCCN1. The first kappa shape index (κ1) is 11.9. The molecule has 0 bridgehead atoms. The average Bonchev–Trinajstić information content (AvgIpc) is 2.49. The molecule has 0 spiro atoms. The van der Waals surface area contributed by atoms with Gasteiger partial charge in [-0.2, -0.15) is 0 Å². The van der Waals surface area contributed by atoms with E-state index in [1.54, 1.807) is 0 Å². The van der Waals surface area contributed by atoms with Gasteiger partial charge in [0.25, 0.3) is 0 Å².